The zero-order valence-corrected chi connectivity index (χ0v) is 13.7. The lowest BCUT2D eigenvalue weighted by molar-refractivity contribution is -0.119. The van der Waals surface area contributed by atoms with Gasteiger partial charge in [-0.25, -0.2) is 0 Å². The van der Waals surface area contributed by atoms with Crippen molar-refractivity contribution in [3.63, 3.8) is 0 Å². The lowest BCUT2D eigenvalue weighted by Crippen LogP contribution is -2.28. The van der Waals surface area contributed by atoms with Gasteiger partial charge in [-0.1, -0.05) is 49.4 Å². The van der Waals surface area contributed by atoms with Gasteiger partial charge >= 0.3 is 0 Å². The van der Waals surface area contributed by atoms with Gasteiger partial charge in [0.25, 0.3) is 0 Å². The third-order valence-electron chi connectivity index (χ3n) is 3.56. The normalized spacial score (nSPS) is 11.9. The highest BCUT2D eigenvalue weighted by Gasteiger charge is 2.11. The van der Waals surface area contributed by atoms with E-state index in [1.54, 1.807) is 0 Å². The Morgan fingerprint density at radius 1 is 1.00 bits per heavy atom. The molecule has 23 heavy (non-hydrogen) atoms. The summed E-state index contributed by atoms with van der Waals surface area (Å²) in [5.74, 6) is -0.0405. The second kappa shape index (κ2) is 9.08. The highest BCUT2D eigenvalue weighted by Crippen LogP contribution is 2.12. The van der Waals surface area contributed by atoms with E-state index in [-0.39, 0.29) is 11.8 Å². The van der Waals surface area contributed by atoms with Crippen LogP contribution in [0.15, 0.2) is 54.6 Å². The molecule has 2 N–H and O–H groups in total. The number of amides is 1. The maximum Gasteiger partial charge on any atom is 0.228 e. The quantitative estimate of drug-likeness (QED) is 0.787. The highest BCUT2D eigenvalue weighted by atomic mass is 16.5. The molecule has 0 saturated heterocycles. The third kappa shape index (κ3) is 5.85. The predicted molar refractivity (Wildman–Crippen MR) is 93.1 cm³/mol. The summed E-state index contributed by atoms with van der Waals surface area (Å²) in [6.45, 7) is 3.72. The van der Waals surface area contributed by atoms with Crippen LogP contribution in [0.2, 0.25) is 0 Å². The lowest BCUT2D eigenvalue weighted by atomic mass is 10.1. The summed E-state index contributed by atoms with van der Waals surface area (Å²) in [5.41, 5.74) is 3.06. The van der Waals surface area contributed by atoms with E-state index in [4.69, 9.17) is 4.74 Å². The summed E-state index contributed by atoms with van der Waals surface area (Å²) >= 11 is 0. The van der Waals surface area contributed by atoms with Crippen molar-refractivity contribution in [2.45, 2.75) is 20.1 Å². The molecule has 4 heteroatoms. The smallest absolute Gasteiger partial charge is 0.228 e. The van der Waals surface area contributed by atoms with Crippen molar-refractivity contribution in [2.75, 3.05) is 18.9 Å². The summed E-state index contributed by atoms with van der Waals surface area (Å²) in [6, 6.07) is 17.9. The lowest BCUT2D eigenvalue weighted by Gasteiger charge is -2.12. The van der Waals surface area contributed by atoms with Crippen molar-refractivity contribution in [1.29, 1.82) is 0 Å². The summed E-state index contributed by atoms with van der Waals surface area (Å²) in [5, 5.41) is 5.92. The minimum atomic E-state index is -0.0612. The Bertz CT molecular complexity index is 597. The summed E-state index contributed by atoms with van der Waals surface area (Å²) in [7, 11) is 1.84. The number of carbonyl (C=O) groups is 1. The van der Waals surface area contributed by atoms with Gasteiger partial charge in [0.2, 0.25) is 5.91 Å². The van der Waals surface area contributed by atoms with Gasteiger partial charge in [0.05, 0.1) is 13.2 Å². The SMILES string of the molecule is CNCC(C)C(=O)Nc1ccc(COCc2ccccc2)cc1. The van der Waals surface area contributed by atoms with E-state index in [0.29, 0.717) is 19.8 Å². The molecule has 1 unspecified atom stereocenters. The average molecular weight is 312 g/mol. The zero-order chi connectivity index (χ0) is 16.5. The van der Waals surface area contributed by atoms with E-state index in [1.165, 1.54) is 0 Å². The molecule has 0 saturated carbocycles. The second-order valence-electron chi connectivity index (χ2n) is 5.62. The molecule has 0 bridgehead atoms. The minimum absolute atomic E-state index is 0.0208. The van der Waals surface area contributed by atoms with Crippen LogP contribution in [-0.2, 0) is 22.7 Å². The van der Waals surface area contributed by atoms with E-state index >= 15 is 0 Å². The van der Waals surface area contributed by atoms with Crippen molar-refractivity contribution in [1.82, 2.24) is 5.32 Å². The van der Waals surface area contributed by atoms with Crippen LogP contribution < -0.4 is 10.6 Å². The Balaban J connectivity index is 1.79. The Kier molecular flexibility index (Phi) is 6.78. The number of ether oxygens (including phenoxy) is 1. The van der Waals surface area contributed by atoms with Crippen molar-refractivity contribution in [3.8, 4) is 0 Å². The van der Waals surface area contributed by atoms with Crippen LogP contribution in [0.25, 0.3) is 0 Å². The number of carbonyl (C=O) groups excluding carboxylic acids is 1. The van der Waals surface area contributed by atoms with E-state index in [2.05, 4.69) is 10.6 Å². The molecular formula is C19H24N2O2. The number of anilines is 1. The number of hydrogen-bond donors (Lipinski definition) is 2. The standard InChI is InChI=1S/C19H24N2O2/c1-15(12-20-2)19(22)21-18-10-8-17(9-11-18)14-23-13-16-6-4-3-5-7-16/h3-11,15,20H,12-14H2,1-2H3,(H,21,22). The van der Waals surface area contributed by atoms with Crippen molar-refractivity contribution < 1.29 is 9.53 Å². The maximum absolute atomic E-state index is 11.9. The van der Waals surface area contributed by atoms with Crippen LogP contribution in [0.5, 0.6) is 0 Å². The average Bonchev–Trinajstić information content (AvgIpc) is 2.57. The van der Waals surface area contributed by atoms with Crippen LogP contribution in [-0.4, -0.2) is 19.5 Å². The van der Waals surface area contributed by atoms with Gasteiger partial charge in [-0.2, -0.15) is 0 Å². The van der Waals surface area contributed by atoms with Gasteiger partial charge in [0.1, 0.15) is 0 Å². The topological polar surface area (TPSA) is 50.4 Å². The molecule has 0 aliphatic rings. The Morgan fingerprint density at radius 3 is 2.22 bits per heavy atom. The molecule has 1 atom stereocenters. The molecule has 4 nitrogen and oxygen atoms in total. The molecule has 0 heterocycles. The largest absolute Gasteiger partial charge is 0.372 e. The van der Waals surface area contributed by atoms with Crippen LogP contribution in [0.3, 0.4) is 0 Å². The molecule has 0 radical (unpaired) electrons. The molecule has 0 fully saturated rings. The third-order valence-corrected chi connectivity index (χ3v) is 3.56. The molecule has 0 aliphatic carbocycles. The first-order valence-corrected chi connectivity index (χ1v) is 7.85. The first-order chi connectivity index (χ1) is 11.2. The van der Waals surface area contributed by atoms with Gasteiger partial charge in [-0.3, -0.25) is 4.79 Å². The summed E-state index contributed by atoms with van der Waals surface area (Å²) in [4.78, 5) is 11.9. The maximum atomic E-state index is 11.9. The molecule has 2 rings (SSSR count). The molecular weight excluding hydrogens is 288 g/mol. The molecule has 0 aromatic heterocycles. The molecule has 2 aromatic rings. The molecule has 1 amide bonds. The molecule has 0 aliphatic heterocycles. The predicted octanol–water partition coefficient (Wildman–Crippen LogP) is 3.20. The van der Waals surface area contributed by atoms with Gasteiger partial charge < -0.3 is 15.4 Å². The Morgan fingerprint density at radius 2 is 1.61 bits per heavy atom. The van der Waals surface area contributed by atoms with Crippen molar-refractivity contribution in [3.05, 3.63) is 65.7 Å². The van der Waals surface area contributed by atoms with Gasteiger partial charge in [-0.05, 0) is 30.3 Å². The van der Waals surface area contributed by atoms with Crippen molar-refractivity contribution >= 4 is 11.6 Å². The Labute approximate surface area is 137 Å². The first kappa shape index (κ1) is 17.2. The number of nitrogens with one attached hydrogen (secondary N) is 2. The fourth-order valence-corrected chi connectivity index (χ4v) is 2.21. The van der Waals surface area contributed by atoms with Crippen LogP contribution in [0.1, 0.15) is 18.1 Å². The minimum Gasteiger partial charge on any atom is -0.372 e. The van der Waals surface area contributed by atoms with Gasteiger partial charge in [0.15, 0.2) is 0 Å². The summed E-state index contributed by atoms with van der Waals surface area (Å²) < 4.78 is 5.70. The summed E-state index contributed by atoms with van der Waals surface area (Å²) in [6.07, 6.45) is 0. The monoisotopic (exact) mass is 312 g/mol. The van der Waals surface area contributed by atoms with E-state index in [9.17, 15) is 4.79 Å². The number of benzene rings is 2. The highest BCUT2D eigenvalue weighted by molar-refractivity contribution is 5.92. The van der Waals surface area contributed by atoms with Crippen LogP contribution in [0, 0.1) is 5.92 Å². The van der Waals surface area contributed by atoms with E-state index < -0.39 is 0 Å². The Hall–Kier alpha value is -2.17. The molecule has 0 spiro atoms. The first-order valence-electron chi connectivity index (χ1n) is 7.85. The zero-order valence-electron chi connectivity index (χ0n) is 13.7. The van der Waals surface area contributed by atoms with Gasteiger partial charge in [-0.15, -0.1) is 0 Å². The molecule has 2 aromatic carbocycles. The van der Waals surface area contributed by atoms with Crippen LogP contribution >= 0.6 is 0 Å². The number of rotatable bonds is 8. The second-order valence-corrected chi connectivity index (χ2v) is 5.62. The van der Waals surface area contributed by atoms with Gasteiger partial charge in [0, 0.05) is 18.2 Å². The van der Waals surface area contributed by atoms with Crippen LogP contribution in [0.4, 0.5) is 5.69 Å². The number of hydrogen-bond acceptors (Lipinski definition) is 3. The van der Waals surface area contributed by atoms with Crippen molar-refractivity contribution in [2.24, 2.45) is 5.92 Å². The van der Waals surface area contributed by atoms with E-state index in [1.807, 2.05) is 68.6 Å². The van der Waals surface area contributed by atoms with E-state index in [0.717, 1.165) is 16.8 Å². The fraction of sp³-hybridized carbons (Fsp3) is 0.316. The fourth-order valence-electron chi connectivity index (χ4n) is 2.21. The molecule has 122 valence electrons.